The fraction of sp³-hybridized carbons (Fsp3) is 0.120. The first-order chi connectivity index (χ1) is 15.0. The normalized spacial score (nSPS) is 14.0. The van der Waals surface area contributed by atoms with Crippen molar-refractivity contribution in [3.63, 3.8) is 0 Å². The zero-order valence-corrected chi connectivity index (χ0v) is 18.1. The second-order valence-electron chi connectivity index (χ2n) is 7.17. The molecule has 31 heavy (non-hydrogen) atoms. The molecule has 1 amide bonds. The first-order valence-electron chi connectivity index (χ1n) is 9.98. The number of anilines is 2. The summed E-state index contributed by atoms with van der Waals surface area (Å²) >= 11 is 4.77. The van der Waals surface area contributed by atoms with Crippen LogP contribution in [0.2, 0.25) is 0 Å². The van der Waals surface area contributed by atoms with Crippen LogP contribution in [0, 0.1) is 6.92 Å². The van der Waals surface area contributed by atoms with Crippen molar-refractivity contribution in [1.29, 1.82) is 0 Å². The second kappa shape index (κ2) is 8.70. The minimum absolute atomic E-state index is 0.249. The lowest BCUT2D eigenvalue weighted by Crippen LogP contribution is -2.15. The number of ether oxygens (including phenoxy) is 1. The third-order valence-electron chi connectivity index (χ3n) is 5.05. The molecule has 0 fully saturated rings. The molecule has 0 aliphatic carbocycles. The number of rotatable bonds is 5. The molecule has 3 aromatic carbocycles. The van der Waals surface area contributed by atoms with Gasteiger partial charge in [-0.1, -0.05) is 66.9 Å². The third kappa shape index (κ3) is 4.07. The van der Waals surface area contributed by atoms with E-state index in [0.717, 1.165) is 16.8 Å². The minimum Gasteiger partial charge on any atom is -0.462 e. The highest BCUT2D eigenvalue weighted by Crippen LogP contribution is 2.41. The molecule has 3 aromatic rings. The topological polar surface area (TPSA) is 58.6 Å². The van der Waals surface area contributed by atoms with Gasteiger partial charge < -0.3 is 10.1 Å². The van der Waals surface area contributed by atoms with Gasteiger partial charge in [0.15, 0.2) is 0 Å². The van der Waals surface area contributed by atoms with Crippen molar-refractivity contribution in [3.8, 4) is 0 Å². The third-order valence-corrected chi connectivity index (χ3v) is 5.48. The number of benzene rings is 3. The van der Waals surface area contributed by atoms with Crippen LogP contribution in [0.1, 0.15) is 34.0 Å². The Balaban J connectivity index is 1.88. The predicted octanol–water partition coefficient (Wildman–Crippen LogP) is 5.34. The number of fused-ring (bicyclic) bond motifs is 1. The Bertz CT molecular complexity index is 1170. The van der Waals surface area contributed by atoms with Gasteiger partial charge in [-0.15, -0.1) is 0 Å². The number of nitrogens with zero attached hydrogens (tertiary/aromatic N) is 1. The minimum atomic E-state index is -0.421. The highest BCUT2D eigenvalue weighted by Gasteiger charge is 2.31. The van der Waals surface area contributed by atoms with Crippen LogP contribution in [-0.2, 0) is 9.53 Å². The highest BCUT2D eigenvalue weighted by molar-refractivity contribution is 7.82. The summed E-state index contributed by atoms with van der Waals surface area (Å²) in [7, 11) is 0. The number of carbonyl (C=O) groups is 2. The molecule has 0 aromatic heterocycles. The molecule has 1 N–H and O–H groups in total. The van der Waals surface area contributed by atoms with Crippen LogP contribution in [0.15, 0.2) is 72.8 Å². The highest BCUT2D eigenvalue weighted by atomic mass is 32.1. The molecule has 0 atom stereocenters. The molecule has 1 heterocycles. The van der Waals surface area contributed by atoms with Crippen LogP contribution >= 0.6 is 12.8 Å². The van der Waals surface area contributed by atoms with Crippen molar-refractivity contribution >= 4 is 47.3 Å². The van der Waals surface area contributed by atoms with Gasteiger partial charge in [0.2, 0.25) is 0 Å². The Morgan fingerprint density at radius 1 is 1.00 bits per heavy atom. The predicted molar refractivity (Wildman–Crippen MR) is 127 cm³/mol. The van der Waals surface area contributed by atoms with Gasteiger partial charge in [-0.05, 0) is 43.7 Å². The average molecular weight is 431 g/mol. The Hall–Kier alpha value is -3.51. The number of thiol groups is 1. The van der Waals surface area contributed by atoms with Gasteiger partial charge in [0.05, 0.1) is 34.8 Å². The van der Waals surface area contributed by atoms with E-state index in [1.807, 2.05) is 61.5 Å². The number of amides is 1. The van der Waals surface area contributed by atoms with E-state index in [0.29, 0.717) is 28.1 Å². The first-order valence-corrected chi connectivity index (χ1v) is 10.4. The molecule has 5 nitrogen and oxygen atoms in total. The maximum atomic E-state index is 13.1. The Morgan fingerprint density at radius 3 is 2.39 bits per heavy atom. The van der Waals surface area contributed by atoms with E-state index in [4.69, 9.17) is 17.6 Å². The Morgan fingerprint density at radius 2 is 1.71 bits per heavy atom. The van der Waals surface area contributed by atoms with Gasteiger partial charge in [0.25, 0.3) is 5.91 Å². The van der Waals surface area contributed by atoms with E-state index < -0.39 is 5.97 Å². The number of nitrogens with one attached hydrogen (secondary N) is 1. The molecule has 0 radical (unpaired) electrons. The lowest BCUT2D eigenvalue weighted by atomic mass is 9.99. The van der Waals surface area contributed by atoms with Gasteiger partial charge in [-0.3, -0.25) is 9.10 Å². The molecule has 156 valence electrons. The summed E-state index contributed by atoms with van der Waals surface area (Å²) in [5.41, 5.74) is 5.66. The number of esters is 1. The Labute approximate surface area is 186 Å². The van der Waals surface area contributed by atoms with Crippen molar-refractivity contribution in [1.82, 2.24) is 0 Å². The summed E-state index contributed by atoms with van der Waals surface area (Å²) in [6.45, 7) is 4.06. The van der Waals surface area contributed by atoms with Crippen LogP contribution in [-0.4, -0.2) is 18.5 Å². The van der Waals surface area contributed by atoms with Gasteiger partial charge in [-0.25, -0.2) is 4.79 Å². The van der Waals surface area contributed by atoms with Crippen molar-refractivity contribution in [2.45, 2.75) is 13.8 Å². The second-order valence-corrected chi connectivity index (χ2v) is 7.57. The van der Waals surface area contributed by atoms with E-state index >= 15 is 0 Å². The van der Waals surface area contributed by atoms with Crippen LogP contribution in [0.4, 0.5) is 11.4 Å². The SMILES string of the molecule is CCOC(=O)c1ccc2c(c1)NC(=O)/C2=C(/c1ccccc1)N(S)c1ccc(C)cc1. The quantitative estimate of drug-likeness (QED) is 0.326. The van der Waals surface area contributed by atoms with E-state index in [9.17, 15) is 9.59 Å². The van der Waals surface area contributed by atoms with Gasteiger partial charge in [-0.2, -0.15) is 0 Å². The molecule has 0 saturated heterocycles. The van der Waals surface area contributed by atoms with E-state index in [2.05, 4.69) is 5.32 Å². The van der Waals surface area contributed by atoms with E-state index in [1.54, 1.807) is 29.4 Å². The summed E-state index contributed by atoms with van der Waals surface area (Å²) in [4.78, 5) is 25.2. The van der Waals surface area contributed by atoms with E-state index in [-0.39, 0.29) is 12.5 Å². The van der Waals surface area contributed by atoms with Crippen molar-refractivity contribution < 1.29 is 14.3 Å². The number of carbonyl (C=O) groups excluding carboxylic acids is 2. The summed E-state index contributed by atoms with van der Waals surface area (Å²) in [5, 5.41) is 2.89. The molecule has 6 heteroatoms. The molecule has 4 rings (SSSR count). The standard InChI is InChI=1S/C25H22N2O3S/c1-3-30-25(29)18-11-14-20-21(15-18)26-24(28)22(20)23(17-7-5-4-6-8-17)27(31)19-12-9-16(2)10-13-19/h4-15,31H,3H2,1-2H3,(H,26,28)/b23-22-. The zero-order valence-electron chi connectivity index (χ0n) is 17.3. The van der Waals surface area contributed by atoms with Crippen molar-refractivity contribution in [3.05, 3.63) is 95.1 Å². The first kappa shape index (κ1) is 20.8. The zero-order chi connectivity index (χ0) is 22.0. The van der Waals surface area contributed by atoms with E-state index in [1.165, 1.54) is 0 Å². The molecule has 0 bridgehead atoms. The van der Waals surface area contributed by atoms with Crippen LogP contribution < -0.4 is 9.62 Å². The molecule has 1 aliphatic rings. The maximum Gasteiger partial charge on any atom is 0.338 e. The van der Waals surface area contributed by atoms with Crippen molar-refractivity contribution in [2.24, 2.45) is 0 Å². The molecule has 0 saturated carbocycles. The summed E-state index contributed by atoms with van der Waals surface area (Å²) in [6.07, 6.45) is 0. The smallest absolute Gasteiger partial charge is 0.338 e. The fourth-order valence-electron chi connectivity index (χ4n) is 3.53. The van der Waals surface area contributed by atoms with Gasteiger partial charge in [0.1, 0.15) is 0 Å². The maximum absolute atomic E-state index is 13.1. The van der Waals surface area contributed by atoms with Crippen LogP contribution in [0.3, 0.4) is 0 Å². The lowest BCUT2D eigenvalue weighted by Gasteiger charge is -2.23. The molecule has 1 aliphatic heterocycles. The monoisotopic (exact) mass is 430 g/mol. The van der Waals surface area contributed by atoms with Crippen LogP contribution in [0.5, 0.6) is 0 Å². The number of hydrogen-bond acceptors (Lipinski definition) is 5. The molecule has 0 unspecified atom stereocenters. The molecular formula is C25H22N2O3S. The van der Waals surface area contributed by atoms with Gasteiger partial charge >= 0.3 is 5.97 Å². The van der Waals surface area contributed by atoms with Crippen LogP contribution in [0.25, 0.3) is 11.3 Å². The Kier molecular flexibility index (Phi) is 5.82. The van der Waals surface area contributed by atoms with Crippen molar-refractivity contribution in [2.75, 3.05) is 16.2 Å². The molecule has 0 spiro atoms. The molecular weight excluding hydrogens is 408 g/mol. The average Bonchev–Trinajstić information content (AvgIpc) is 3.10. The number of aryl methyl sites for hydroxylation is 1. The fourth-order valence-corrected chi connectivity index (χ4v) is 3.88. The summed E-state index contributed by atoms with van der Waals surface area (Å²) in [5.74, 6) is -0.670. The summed E-state index contributed by atoms with van der Waals surface area (Å²) < 4.78 is 6.80. The van der Waals surface area contributed by atoms with Gasteiger partial charge in [0, 0.05) is 5.56 Å². The number of hydrogen-bond donors (Lipinski definition) is 2. The lowest BCUT2D eigenvalue weighted by molar-refractivity contribution is -0.110. The summed E-state index contributed by atoms with van der Waals surface area (Å²) in [6, 6.07) is 22.7. The largest absolute Gasteiger partial charge is 0.462 e.